The molecule has 2 nitrogen and oxygen atoms in total. The highest BCUT2D eigenvalue weighted by Crippen LogP contribution is 2.06. The maximum atomic E-state index is 11.6. The van der Waals surface area contributed by atoms with E-state index in [1.165, 1.54) is 0 Å². The van der Waals surface area contributed by atoms with Gasteiger partial charge in [0.05, 0.1) is 6.54 Å². The fraction of sp³-hybridized carbons (Fsp3) is 0.250. The maximum absolute atomic E-state index is 11.6. The molecule has 0 spiro atoms. The van der Waals surface area contributed by atoms with Crippen LogP contribution in [0.25, 0.3) is 0 Å². The van der Waals surface area contributed by atoms with E-state index in [0.29, 0.717) is 13.1 Å². The zero-order valence-electron chi connectivity index (χ0n) is 8.42. The van der Waals surface area contributed by atoms with E-state index in [-0.39, 0.29) is 5.78 Å². The second-order valence-electron chi connectivity index (χ2n) is 3.16. The lowest BCUT2D eigenvalue weighted by Gasteiger charge is -2.04. The number of Topliss-reactive ketones (excluding diaryl/α,β-unsaturated/α-hetero) is 1. The average Bonchev–Trinajstić information content (AvgIpc) is 2.18. The van der Waals surface area contributed by atoms with Crippen LogP contribution in [0.5, 0.6) is 0 Å². The molecule has 0 unspecified atom stereocenters. The lowest BCUT2D eigenvalue weighted by molar-refractivity contribution is 0.0992. The molecule has 1 N–H and O–H groups in total. The predicted molar refractivity (Wildman–Crippen MR) is 58.6 cm³/mol. The molecule has 0 fully saturated rings. The highest BCUT2D eigenvalue weighted by atomic mass is 16.1. The van der Waals surface area contributed by atoms with E-state index in [9.17, 15) is 4.79 Å². The van der Waals surface area contributed by atoms with E-state index in [0.717, 1.165) is 11.1 Å². The molecule has 0 saturated heterocycles. The molecule has 0 amide bonds. The van der Waals surface area contributed by atoms with Gasteiger partial charge in [0.2, 0.25) is 0 Å². The zero-order valence-corrected chi connectivity index (χ0v) is 8.42. The van der Waals surface area contributed by atoms with Gasteiger partial charge in [0.15, 0.2) is 5.78 Å². The van der Waals surface area contributed by atoms with Crippen molar-refractivity contribution in [3.8, 4) is 0 Å². The van der Waals surface area contributed by atoms with Crippen LogP contribution in [0, 0.1) is 6.92 Å². The molecule has 0 aromatic heterocycles. The van der Waals surface area contributed by atoms with Gasteiger partial charge in [-0.15, -0.1) is 6.58 Å². The van der Waals surface area contributed by atoms with Crippen molar-refractivity contribution in [2.45, 2.75) is 6.92 Å². The van der Waals surface area contributed by atoms with E-state index in [1.807, 2.05) is 31.2 Å². The number of hydrogen-bond acceptors (Lipinski definition) is 2. The van der Waals surface area contributed by atoms with Crippen molar-refractivity contribution in [2.24, 2.45) is 0 Å². The van der Waals surface area contributed by atoms with Crippen LogP contribution < -0.4 is 5.32 Å². The molecule has 74 valence electrons. The summed E-state index contributed by atoms with van der Waals surface area (Å²) < 4.78 is 0. The number of rotatable bonds is 5. The lowest BCUT2D eigenvalue weighted by Crippen LogP contribution is -2.23. The maximum Gasteiger partial charge on any atom is 0.176 e. The summed E-state index contributed by atoms with van der Waals surface area (Å²) >= 11 is 0. The molecule has 0 saturated carbocycles. The number of aryl methyl sites for hydroxylation is 1. The highest BCUT2D eigenvalue weighted by Gasteiger charge is 2.06. The SMILES string of the molecule is C=CCNCC(=O)c1ccccc1C. The first kappa shape index (κ1) is 10.7. The van der Waals surface area contributed by atoms with Gasteiger partial charge in [-0.3, -0.25) is 4.79 Å². The van der Waals surface area contributed by atoms with Crippen molar-refractivity contribution in [1.29, 1.82) is 0 Å². The minimum atomic E-state index is 0.130. The van der Waals surface area contributed by atoms with Crippen LogP contribution >= 0.6 is 0 Å². The Labute approximate surface area is 84.6 Å². The molecule has 1 rings (SSSR count). The molecule has 14 heavy (non-hydrogen) atoms. The van der Waals surface area contributed by atoms with Crippen LogP contribution in [-0.2, 0) is 0 Å². The molecule has 0 radical (unpaired) electrons. The van der Waals surface area contributed by atoms with Crippen molar-refractivity contribution in [1.82, 2.24) is 5.32 Å². The Balaban J connectivity index is 2.60. The van der Waals surface area contributed by atoms with E-state index in [1.54, 1.807) is 6.08 Å². The summed E-state index contributed by atoms with van der Waals surface area (Å²) in [6.07, 6.45) is 1.74. The zero-order chi connectivity index (χ0) is 10.4. The standard InChI is InChI=1S/C12H15NO/c1-3-8-13-9-12(14)11-7-5-4-6-10(11)2/h3-7,13H,1,8-9H2,2H3. The van der Waals surface area contributed by atoms with E-state index in [4.69, 9.17) is 0 Å². The van der Waals surface area contributed by atoms with Gasteiger partial charge < -0.3 is 5.32 Å². The number of carbonyl (C=O) groups excluding carboxylic acids is 1. The van der Waals surface area contributed by atoms with E-state index >= 15 is 0 Å². The summed E-state index contributed by atoms with van der Waals surface area (Å²) in [5, 5.41) is 2.99. The molecule has 1 aromatic carbocycles. The van der Waals surface area contributed by atoms with Crippen LogP contribution in [-0.4, -0.2) is 18.9 Å². The van der Waals surface area contributed by atoms with Crippen LogP contribution in [0.3, 0.4) is 0 Å². The first-order chi connectivity index (χ1) is 6.75. The summed E-state index contributed by atoms with van der Waals surface area (Å²) in [6, 6.07) is 7.62. The molecule has 0 heterocycles. The van der Waals surface area contributed by atoms with Crippen molar-refractivity contribution in [3.05, 3.63) is 48.0 Å². The molecule has 1 aromatic rings. The number of nitrogens with one attached hydrogen (secondary N) is 1. The quantitative estimate of drug-likeness (QED) is 0.436. The Morgan fingerprint density at radius 1 is 1.50 bits per heavy atom. The molecule has 0 atom stereocenters. The Kier molecular flexibility index (Phi) is 4.08. The fourth-order valence-corrected chi connectivity index (χ4v) is 1.27. The van der Waals surface area contributed by atoms with Crippen molar-refractivity contribution in [3.63, 3.8) is 0 Å². The smallest absolute Gasteiger partial charge is 0.176 e. The van der Waals surface area contributed by atoms with Gasteiger partial charge >= 0.3 is 0 Å². The summed E-state index contributed by atoms with van der Waals surface area (Å²) in [7, 11) is 0. The van der Waals surface area contributed by atoms with Crippen molar-refractivity contribution >= 4 is 5.78 Å². The van der Waals surface area contributed by atoms with Gasteiger partial charge in [0.1, 0.15) is 0 Å². The summed E-state index contributed by atoms with van der Waals surface area (Å²) in [5.74, 6) is 0.130. The third-order valence-electron chi connectivity index (χ3n) is 2.02. The topological polar surface area (TPSA) is 29.1 Å². The summed E-state index contributed by atoms with van der Waals surface area (Å²) in [4.78, 5) is 11.6. The van der Waals surface area contributed by atoms with Gasteiger partial charge in [0, 0.05) is 12.1 Å². The Morgan fingerprint density at radius 3 is 2.86 bits per heavy atom. The molecular formula is C12H15NO. The second kappa shape index (κ2) is 5.35. The van der Waals surface area contributed by atoms with Gasteiger partial charge in [-0.1, -0.05) is 30.3 Å². The largest absolute Gasteiger partial charge is 0.306 e. The van der Waals surface area contributed by atoms with Gasteiger partial charge in [-0.2, -0.15) is 0 Å². The number of hydrogen-bond donors (Lipinski definition) is 1. The Hall–Kier alpha value is -1.41. The van der Waals surface area contributed by atoms with Crippen LogP contribution in [0.1, 0.15) is 15.9 Å². The van der Waals surface area contributed by atoms with E-state index < -0.39 is 0 Å². The minimum absolute atomic E-state index is 0.130. The fourth-order valence-electron chi connectivity index (χ4n) is 1.27. The van der Waals surface area contributed by atoms with Crippen molar-refractivity contribution < 1.29 is 4.79 Å². The van der Waals surface area contributed by atoms with E-state index in [2.05, 4.69) is 11.9 Å². The summed E-state index contributed by atoms with van der Waals surface area (Å²) in [6.45, 7) is 6.56. The van der Waals surface area contributed by atoms with Gasteiger partial charge in [-0.25, -0.2) is 0 Å². The number of carbonyl (C=O) groups is 1. The first-order valence-electron chi connectivity index (χ1n) is 4.66. The predicted octanol–water partition coefficient (Wildman–Crippen LogP) is 1.95. The van der Waals surface area contributed by atoms with Crippen LogP contribution in [0.15, 0.2) is 36.9 Å². The Morgan fingerprint density at radius 2 is 2.21 bits per heavy atom. The molecule has 0 bridgehead atoms. The molecule has 0 aliphatic carbocycles. The lowest BCUT2D eigenvalue weighted by atomic mass is 10.1. The van der Waals surface area contributed by atoms with Crippen LogP contribution in [0.2, 0.25) is 0 Å². The summed E-state index contributed by atoms with van der Waals surface area (Å²) in [5.41, 5.74) is 1.82. The van der Waals surface area contributed by atoms with Gasteiger partial charge in [0.25, 0.3) is 0 Å². The van der Waals surface area contributed by atoms with Crippen LogP contribution in [0.4, 0.5) is 0 Å². The minimum Gasteiger partial charge on any atom is -0.306 e. The first-order valence-corrected chi connectivity index (χ1v) is 4.66. The highest BCUT2D eigenvalue weighted by molar-refractivity contribution is 5.98. The third-order valence-corrected chi connectivity index (χ3v) is 2.02. The van der Waals surface area contributed by atoms with Gasteiger partial charge in [-0.05, 0) is 12.5 Å². The number of ketones is 1. The third kappa shape index (κ3) is 2.82. The molecule has 2 heteroatoms. The molecule has 0 aliphatic heterocycles. The normalized spacial score (nSPS) is 9.79. The van der Waals surface area contributed by atoms with Crippen molar-refractivity contribution in [2.75, 3.05) is 13.1 Å². The number of benzene rings is 1. The Bertz CT molecular complexity index is 331. The molecule has 0 aliphatic rings. The average molecular weight is 189 g/mol. The second-order valence-corrected chi connectivity index (χ2v) is 3.16. The monoisotopic (exact) mass is 189 g/mol. The molecular weight excluding hydrogens is 174 g/mol.